The Morgan fingerprint density at radius 2 is 2.09 bits per heavy atom. The van der Waals surface area contributed by atoms with Crippen molar-refractivity contribution in [1.29, 1.82) is 0 Å². The van der Waals surface area contributed by atoms with E-state index in [1.54, 1.807) is 0 Å². The van der Waals surface area contributed by atoms with E-state index in [4.69, 9.17) is 0 Å². The highest BCUT2D eigenvalue weighted by atomic mass is 79.9. The maximum absolute atomic E-state index is 12.7. The van der Waals surface area contributed by atoms with Crippen LogP contribution in [0.25, 0.3) is 0 Å². The van der Waals surface area contributed by atoms with E-state index in [1.807, 2.05) is 13.8 Å². The zero-order valence-corrected chi connectivity index (χ0v) is 14.0. The first-order chi connectivity index (χ1) is 10.7. The Morgan fingerprint density at radius 3 is 2.65 bits per heavy atom. The van der Waals surface area contributed by atoms with Gasteiger partial charge in [-0.05, 0) is 39.5 Å². The molecule has 0 aliphatic heterocycles. The monoisotopic (exact) mass is 389 g/mol. The van der Waals surface area contributed by atoms with Gasteiger partial charge < -0.3 is 5.32 Å². The van der Waals surface area contributed by atoms with E-state index in [0.717, 1.165) is 17.8 Å². The Kier molecular flexibility index (Phi) is 5.13. The SMILES string of the molecule is CC(C)c1[nH]nc(C(=O)NCc2cccc(C(F)(F)F)c2)c1Br. The lowest BCUT2D eigenvalue weighted by Crippen LogP contribution is -2.23. The molecule has 1 heterocycles. The number of aromatic nitrogens is 2. The molecule has 0 fully saturated rings. The van der Waals surface area contributed by atoms with E-state index in [9.17, 15) is 18.0 Å². The lowest BCUT2D eigenvalue weighted by molar-refractivity contribution is -0.137. The lowest BCUT2D eigenvalue weighted by Gasteiger charge is -2.09. The van der Waals surface area contributed by atoms with Crippen molar-refractivity contribution >= 4 is 21.8 Å². The molecule has 0 radical (unpaired) electrons. The summed E-state index contributed by atoms with van der Waals surface area (Å²) in [5.41, 5.74) is 0.589. The lowest BCUT2D eigenvalue weighted by atomic mass is 10.1. The van der Waals surface area contributed by atoms with E-state index in [2.05, 4.69) is 31.4 Å². The van der Waals surface area contributed by atoms with Gasteiger partial charge in [-0.25, -0.2) is 0 Å². The van der Waals surface area contributed by atoms with Crippen LogP contribution in [0.4, 0.5) is 13.2 Å². The second-order valence-electron chi connectivity index (χ2n) is 5.34. The van der Waals surface area contributed by atoms with Crippen LogP contribution >= 0.6 is 15.9 Å². The van der Waals surface area contributed by atoms with Crippen LogP contribution in [0.5, 0.6) is 0 Å². The number of benzene rings is 1. The fourth-order valence-electron chi connectivity index (χ4n) is 2.00. The van der Waals surface area contributed by atoms with Gasteiger partial charge in [0.2, 0.25) is 0 Å². The molecule has 0 bridgehead atoms. The molecule has 2 rings (SSSR count). The molecule has 1 aromatic carbocycles. The summed E-state index contributed by atoms with van der Waals surface area (Å²) < 4.78 is 38.5. The van der Waals surface area contributed by atoms with Crippen molar-refractivity contribution in [1.82, 2.24) is 15.5 Å². The zero-order valence-electron chi connectivity index (χ0n) is 12.5. The zero-order chi connectivity index (χ0) is 17.2. The molecular formula is C15H15BrF3N3O. The molecule has 0 unspecified atom stereocenters. The normalized spacial score (nSPS) is 11.8. The van der Waals surface area contributed by atoms with Gasteiger partial charge in [0.1, 0.15) is 0 Å². The van der Waals surface area contributed by atoms with Crippen molar-refractivity contribution < 1.29 is 18.0 Å². The summed E-state index contributed by atoms with van der Waals surface area (Å²) >= 11 is 3.31. The average Bonchev–Trinajstić information content (AvgIpc) is 2.86. The molecule has 124 valence electrons. The molecule has 0 aliphatic rings. The van der Waals surface area contributed by atoms with E-state index in [0.29, 0.717) is 10.0 Å². The number of nitrogens with one attached hydrogen (secondary N) is 2. The van der Waals surface area contributed by atoms with E-state index >= 15 is 0 Å². The van der Waals surface area contributed by atoms with E-state index in [1.165, 1.54) is 12.1 Å². The average molecular weight is 390 g/mol. The molecule has 2 aromatic rings. The predicted octanol–water partition coefficient (Wildman–Crippen LogP) is 4.24. The molecule has 0 spiro atoms. The van der Waals surface area contributed by atoms with Crippen LogP contribution in [-0.2, 0) is 12.7 Å². The second kappa shape index (κ2) is 6.74. The maximum atomic E-state index is 12.7. The summed E-state index contributed by atoms with van der Waals surface area (Å²) in [6.07, 6.45) is -4.41. The van der Waals surface area contributed by atoms with Gasteiger partial charge in [-0.15, -0.1) is 0 Å². The van der Waals surface area contributed by atoms with Crippen molar-refractivity contribution in [3.05, 3.63) is 51.3 Å². The van der Waals surface area contributed by atoms with Gasteiger partial charge in [0.05, 0.1) is 15.7 Å². The highest BCUT2D eigenvalue weighted by molar-refractivity contribution is 9.10. The van der Waals surface area contributed by atoms with E-state index in [-0.39, 0.29) is 18.2 Å². The molecule has 2 N–H and O–H groups in total. The number of nitrogens with zero attached hydrogens (tertiary/aromatic N) is 1. The molecule has 1 aromatic heterocycles. The van der Waals surface area contributed by atoms with Crippen LogP contribution < -0.4 is 5.32 Å². The Hall–Kier alpha value is -1.83. The van der Waals surface area contributed by atoms with Crippen molar-refractivity contribution in [2.24, 2.45) is 0 Å². The number of alkyl halides is 3. The number of halogens is 4. The molecule has 4 nitrogen and oxygen atoms in total. The minimum absolute atomic E-state index is 0.0148. The molecule has 0 aliphatic carbocycles. The first-order valence-corrected chi connectivity index (χ1v) is 7.67. The molecule has 0 saturated carbocycles. The minimum Gasteiger partial charge on any atom is -0.347 e. The van der Waals surface area contributed by atoms with Crippen LogP contribution in [0.15, 0.2) is 28.7 Å². The Labute approximate surface area is 139 Å². The maximum Gasteiger partial charge on any atom is 0.416 e. The Balaban J connectivity index is 2.08. The van der Waals surface area contributed by atoms with Crippen molar-refractivity contribution in [2.45, 2.75) is 32.5 Å². The summed E-state index contributed by atoms with van der Waals surface area (Å²) in [6.45, 7) is 3.88. The van der Waals surface area contributed by atoms with Crippen molar-refractivity contribution in [3.8, 4) is 0 Å². The fraction of sp³-hybridized carbons (Fsp3) is 0.333. The first kappa shape index (κ1) is 17.5. The number of aromatic amines is 1. The largest absolute Gasteiger partial charge is 0.416 e. The van der Waals surface area contributed by atoms with Gasteiger partial charge in [-0.2, -0.15) is 18.3 Å². The minimum atomic E-state index is -4.41. The first-order valence-electron chi connectivity index (χ1n) is 6.88. The van der Waals surface area contributed by atoms with Crippen molar-refractivity contribution in [2.75, 3.05) is 0 Å². The summed E-state index contributed by atoms with van der Waals surface area (Å²) in [7, 11) is 0. The molecule has 0 saturated heterocycles. The number of H-pyrrole nitrogens is 1. The Bertz CT molecular complexity index is 710. The molecule has 8 heteroatoms. The van der Waals surface area contributed by atoms with Gasteiger partial charge in [0.15, 0.2) is 5.69 Å². The van der Waals surface area contributed by atoms with Crippen LogP contribution in [0, 0.1) is 0 Å². The van der Waals surface area contributed by atoms with E-state index < -0.39 is 17.6 Å². The summed E-state index contributed by atoms with van der Waals surface area (Å²) in [4.78, 5) is 12.1. The van der Waals surface area contributed by atoms with Gasteiger partial charge in [-0.3, -0.25) is 9.89 Å². The number of hydrogen-bond acceptors (Lipinski definition) is 2. The third kappa shape index (κ3) is 4.13. The number of amides is 1. The Morgan fingerprint density at radius 1 is 1.39 bits per heavy atom. The number of carbonyl (C=O) groups is 1. The third-order valence-corrected chi connectivity index (χ3v) is 4.04. The predicted molar refractivity (Wildman–Crippen MR) is 83.0 cm³/mol. The quantitative estimate of drug-likeness (QED) is 0.821. The van der Waals surface area contributed by atoms with Crippen LogP contribution in [-0.4, -0.2) is 16.1 Å². The van der Waals surface area contributed by atoms with Crippen LogP contribution in [0.2, 0.25) is 0 Å². The molecule has 0 atom stereocenters. The summed E-state index contributed by atoms with van der Waals surface area (Å²) in [5.74, 6) is -0.306. The standard InChI is InChI=1S/C15H15BrF3N3O/c1-8(2)12-11(16)13(22-21-12)14(23)20-7-9-4-3-5-10(6-9)15(17,18)19/h3-6,8H,7H2,1-2H3,(H,20,23)(H,21,22). The van der Waals surface area contributed by atoms with Crippen molar-refractivity contribution in [3.63, 3.8) is 0 Å². The number of hydrogen-bond donors (Lipinski definition) is 2. The van der Waals surface area contributed by atoms with Gasteiger partial charge in [-0.1, -0.05) is 26.0 Å². The molecule has 1 amide bonds. The smallest absolute Gasteiger partial charge is 0.347 e. The van der Waals surface area contributed by atoms with Gasteiger partial charge >= 0.3 is 6.18 Å². The molecular weight excluding hydrogens is 375 g/mol. The summed E-state index contributed by atoms with van der Waals surface area (Å²) in [6, 6.07) is 4.84. The van der Waals surface area contributed by atoms with Gasteiger partial charge in [0, 0.05) is 6.54 Å². The fourth-order valence-corrected chi connectivity index (χ4v) is 2.81. The second-order valence-corrected chi connectivity index (χ2v) is 6.13. The van der Waals surface area contributed by atoms with Crippen LogP contribution in [0.1, 0.15) is 47.1 Å². The highest BCUT2D eigenvalue weighted by Gasteiger charge is 2.30. The summed E-state index contributed by atoms with van der Waals surface area (Å²) in [5, 5.41) is 9.29. The molecule has 23 heavy (non-hydrogen) atoms. The number of carbonyl (C=O) groups excluding carboxylic acids is 1. The third-order valence-electron chi connectivity index (χ3n) is 3.23. The highest BCUT2D eigenvalue weighted by Crippen LogP contribution is 2.29. The van der Waals surface area contributed by atoms with Gasteiger partial charge in [0.25, 0.3) is 5.91 Å². The van der Waals surface area contributed by atoms with Crippen LogP contribution in [0.3, 0.4) is 0 Å². The topological polar surface area (TPSA) is 57.8 Å². The number of rotatable bonds is 4.